The van der Waals surface area contributed by atoms with Crippen LogP contribution in [0, 0.1) is 11.8 Å². The maximum Gasteiger partial charge on any atom is 0.223 e. The Morgan fingerprint density at radius 2 is 1.93 bits per heavy atom. The molecular formula is C20H27Cl2N3O2. The Hall–Kier alpha value is -1.82. The van der Waals surface area contributed by atoms with E-state index < -0.39 is 0 Å². The molecule has 0 saturated heterocycles. The standard InChI is InChI=1S/C20H25N3O2.2ClH/c21-12-16-4-3-6-19(16)20(24)23-13-15-7-9-18(10-8-15)25-14-17-5-1-2-11-22-17;;/h1-2,5,7-11,16,19H,3-4,6,12-14,21H2,(H,23,24);2*1H/t16-,19-;;/m1../s1. The first-order valence-electron chi connectivity index (χ1n) is 8.85. The Morgan fingerprint density at radius 1 is 1.15 bits per heavy atom. The lowest BCUT2D eigenvalue weighted by molar-refractivity contribution is -0.126. The Bertz CT molecular complexity index is 683. The molecule has 7 heteroatoms. The van der Waals surface area contributed by atoms with E-state index in [2.05, 4.69) is 10.3 Å². The number of carbonyl (C=O) groups is 1. The number of aromatic nitrogens is 1. The van der Waals surface area contributed by atoms with E-state index in [-0.39, 0.29) is 36.6 Å². The number of pyridine rings is 1. The molecule has 1 fully saturated rings. The van der Waals surface area contributed by atoms with E-state index >= 15 is 0 Å². The van der Waals surface area contributed by atoms with Crippen molar-refractivity contribution in [1.29, 1.82) is 0 Å². The van der Waals surface area contributed by atoms with Gasteiger partial charge in [-0.2, -0.15) is 0 Å². The van der Waals surface area contributed by atoms with Crippen LogP contribution in [-0.4, -0.2) is 17.4 Å². The highest BCUT2D eigenvalue weighted by Gasteiger charge is 2.31. The number of amides is 1. The summed E-state index contributed by atoms with van der Waals surface area (Å²) in [6, 6.07) is 13.5. The number of rotatable bonds is 7. The van der Waals surface area contributed by atoms with E-state index in [1.165, 1.54) is 0 Å². The molecule has 148 valence electrons. The van der Waals surface area contributed by atoms with Gasteiger partial charge in [0.2, 0.25) is 5.91 Å². The fourth-order valence-electron chi connectivity index (χ4n) is 3.33. The van der Waals surface area contributed by atoms with Crippen molar-refractivity contribution in [3.63, 3.8) is 0 Å². The van der Waals surface area contributed by atoms with Gasteiger partial charge in [0, 0.05) is 18.7 Å². The van der Waals surface area contributed by atoms with Gasteiger partial charge in [-0.25, -0.2) is 0 Å². The van der Waals surface area contributed by atoms with Crippen LogP contribution in [0.5, 0.6) is 5.75 Å². The van der Waals surface area contributed by atoms with Gasteiger partial charge in [0.25, 0.3) is 0 Å². The number of halogens is 2. The third kappa shape index (κ3) is 6.69. The summed E-state index contributed by atoms with van der Waals surface area (Å²) in [6.45, 7) is 1.58. The van der Waals surface area contributed by atoms with E-state index in [1.54, 1.807) is 6.20 Å². The second-order valence-electron chi connectivity index (χ2n) is 6.50. The smallest absolute Gasteiger partial charge is 0.223 e. The molecule has 1 aliphatic rings. The number of nitrogens with two attached hydrogens (primary N) is 1. The molecule has 2 atom stereocenters. The SMILES string of the molecule is Cl.Cl.NC[C@H]1CCC[C@H]1C(=O)NCc1ccc(OCc2ccccn2)cc1. The van der Waals surface area contributed by atoms with Crippen LogP contribution < -0.4 is 15.8 Å². The van der Waals surface area contributed by atoms with Gasteiger partial charge >= 0.3 is 0 Å². The van der Waals surface area contributed by atoms with E-state index in [0.29, 0.717) is 25.6 Å². The van der Waals surface area contributed by atoms with Crippen molar-refractivity contribution in [2.45, 2.75) is 32.4 Å². The molecule has 1 aliphatic carbocycles. The van der Waals surface area contributed by atoms with Crippen molar-refractivity contribution in [2.24, 2.45) is 17.6 Å². The van der Waals surface area contributed by atoms with Gasteiger partial charge < -0.3 is 15.8 Å². The summed E-state index contributed by atoms with van der Waals surface area (Å²) in [5, 5.41) is 3.04. The number of carbonyl (C=O) groups excluding carboxylic acids is 1. The molecule has 2 aromatic rings. The fraction of sp³-hybridized carbons (Fsp3) is 0.400. The van der Waals surface area contributed by atoms with Gasteiger partial charge in [0.1, 0.15) is 12.4 Å². The largest absolute Gasteiger partial charge is 0.487 e. The molecule has 3 rings (SSSR count). The molecule has 0 unspecified atom stereocenters. The molecule has 0 aliphatic heterocycles. The van der Waals surface area contributed by atoms with E-state index in [1.807, 2.05) is 42.5 Å². The Labute approximate surface area is 172 Å². The van der Waals surface area contributed by atoms with Crippen LogP contribution in [0.2, 0.25) is 0 Å². The number of nitrogens with one attached hydrogen (secondary N) is 1. The molecule has 5 nitrogen and oxygen atoms in total. The summed E-state index contributed by atoms with van der Waals surface area (Å²) < 4.78 is 5.72. The normalized spacial score (nSPS) is 18.1. The average Bonchev–Trinajstić information content (AvgIpc) is 3.15. The number of benzene rings is 1. The zero-order valence-electron chi connectivity index (χ0n) is 15.2. The highest BCUT2D eigenvalue weighted by Crippen LogP contribution is 2.31. The molecular weight excluding hydrogens is 385 g/mol. The third-order valence-electron chi connectivity index (χ3n) is 4.80. The Morgan fingerprint density at radius 3 is 2.59 bits per heavy atom. The van der Waals surface area contributed by atoms with Gasteiger partial charge in [-0.05, 0) is 55.1 Å². The average molecular weight is 412 g/mol. The predicted octanol–water partition coefficient (Wildman–Crippen LogP) is 3.50. The maximum absolute atomic E-state index is 12.3. The lowest BCUT2D eigenvalue weighted by atomic mass is 9.95. The number of hydrogen-bond acceptors (Lipinski definition) is 4. The van der Waals surface area contributed by atoms with Crippen LogP contribution in [0.1, 0.15) is 30.5 Å². The zero-order valence-corrected chi connectivity index (χ0v) is 16.8. The minimum absolute atomic E-state index is 0. The van der Waals surface area contributed by atoms with Crippen LogP contribution in [0.15, 0.2) is 48.7 Å². The lowest BCUT2D eigenvalue weighted by Gasteiger charge is -2.17. The fourth-order valence-corrected chi connectivity index (χ4v) is 3.33. The van der Waals surface area contributed by atoms with Crippen molar-refractivity contribution in [2.75, 3.05) is 6.54 Å². The van der Waals surface area contributed by atoms with Gasteiger partial charge in [-0.15, -0.1) is 24.8 Å². The van der Waals surface area contributed by atoms with Crippen molar-refractivity contribution in [1.82, 2.24) is 10.3 Å². The molecule has 1 aromatic carbocycles. The molecule has 1 amide bonds. The summed E-state index contributed by atoms with van der Waals surface area (Å²) in [5.74, 6) is 1.33. The van der Waals surface area contributed by atoms with Crippen molar-refractivity contribution in [3.05, 3.63) is 59.9 Å². The number of nitrogens with zero attached hydrogens (tertiary/aromatic N) is 1. The van der Waals surface area contributed by atoms with Crippen molar-refractivity contribution < 1.29 is 9.53 Å². The van der Waals surface area contributed by atoms with Crippen LogP contribution in [-0.2, 0) is 17.9 Å². The van der Waals surface area contributed by atoms with Crippen LogP contribution in [0.25, 0.3) is 0 Å². The Balaban J connectivity index is 0.00000182. The third-order valence-corrected chi connectivity index (χ3v) is 4.80. The van der Waals surface area contributed by atoms with Crippen LogP contribution in [0.4, 0.5) is 0 Å². The molecule has 1 heterocycles. The van der Waals surface area contributed by atoms with E-state index in [4.69, 9.17) is 10.5 Å². The molecule has 1 aromatic heterocycles. The molecule has 27 heavy (non-hydrogen) atoms. The summed E-state index contributed by atoms with van der Waals surface area (Å²) in [4.78, 5) is 16.5. The van der Waals surface area contributed by atoms with Gasteiger partial charge in [0.05, 0.1) is 5.69 Å². The highest BCUT2D eigenvalue weighted by atomic mass is 35.5. The van der Waals surface area contributed by atoms with E-state index in [0.717, 1.165) is 36.3 Å². The van der Waals surface area contributed by atoms with Crippen molar-refractivity contribution in [3.8, 4) is 5.75 Å². The van der Waals surface area contributed by atoms with E-state index in [9.17, 15) is 4.79 Å². The predicted molar refractivity (Wildman–Crippen MR) is 111 cm³/mol. The Kier molecular flexibility index (Phi) is 10.1. The maximum atomic E-state index is 12.3. The van der Waals surface area contributed by atoms with Crippen LogP contribution in [0.3, 0.4) is 0 Å². The molecule has 3 N–H and O–H groups in total. The first-order chi connectivity index (χ1) is 12.3. The monoisotopic (exact) mass is 411 g/mol. The first kappa shape index (κ1) is 23.2. The van der Waals surface area contributed by atoms with Gasteiger partial charge in [-0.1, -0.05) is 24.6 Å². The zero-order chi connectivity index (χ0) is 17.5. The van der Waals surface area contributed by atoms with Gasteiger partial charge in [0.15, 0.2) is 0 Å². The topological polar surface area (TPSA) is 77.2 Å². The summed E-state index contributed by atoms with van der Waals surface area (Å²) in [6.07, 6.45) is 4.87. The van der Waals surface area contributed by atoms with Crippen LogP contribution >= 0.6 is 24.8 Å². The molecule has 0 spiro atoms. The highest BCUT2D eigenvalue weighted by molar-refractivity contribution is 5.85. The number of hydrogen-bond donors (Lipinski definition) is 2. The molecule has 0 bridgehead atoms. The molecule has 1 saturated carbocycles. The van der Waals surface area contributed by atoms with Gasteiger partial charge in [-0.3, -0.25) is 9.78 Å². The number of ether oxygens (including phenoxy) is 1. The summed E-state index contributed by atoms with van der Waals surface area (Å²) in [7, 11) is 0. The first-order valence-corrected chi connectivity index (χ1v) is 8.85. The molecule has 0 radical (unpaired) electrons. The van der Waals surface area contributed by atoms with Crippen molar-refractivity contribution >= 4 is 30.7 Å². The minimum atomic E-state index is 0. The minimum Gasteiger partial charge on any atom is -0.487 e. The lowest BCUT2D eigenvalue weighted by Crippen LogP contribution is -2.34. The summed E-state index contributed by atoms with van der Waals surface area (Å²) >= 11 is 0. The second kappa shape index (κ2) is 11.8. The summed E-state index contributed by atoms with van der Waals surface area (Å²) in [5.41, 5.74) is 7.71. The second-order valence-corrected chi connectivity index (χ2v) is 6.50. The quantitative estimate of drug-likeness (QED) is 0.730.